The van der Waals surface area contributed by atoms with Gasteiger partial charge in [0.25, 0.3) is 11.5 Å². The van der Waals surface area contributed by atoms with Crippen LogP contribution < -0.4 is 16.2 Å². The predicted octanol–water partition coefficient (Wildman–Crippen LogP) is 2.95. The molecule has 1 aromatic carbocycles. The maximum absolute atomic E-state index is 14.6. The van der Waals surface area contributed by atoms with Gasteiger partial charge in [0, 0.05) is 16.7 Å². The minimum Gasteiger partial charge on any atom is -0.463 e. The van der Waals surface area contributed by atoms with Crippen molar-refractivity contribution >= 4 is 51.0 Å². The number of carbonyl (C=O) groups is 1. The highest BCUT2D eigenvalue weighted by Gasteiger charge is 2.50. The first kappa shape index (κ1) is 22.4. The summed E-state index contributed by atoms with van der Waals surface area (Å²) in [5, 5.41) is 17.6. The van der Waals surface area contributed by atoms with E-state index in [9.17, 15) is 19.1 Å². The fraction of sp³-hybridized carbons (Fsp3) is 0.391. The Kier molecular flexibility index (Phi) is 5.69. The van der Waals surface area contributed by atoms with Crippen molar-refractivity contribution in [2.24, 2.45) is 7.05 Å². The number of likely N-dealkylation sites (tertiary alicyclic amines) is 1. The van der Waals surface area contributed by atoms with Gasteiger partial charge in [0.15, 0.2) is 5.58 Å². The number of hydrogen-bond acceptors (Lipinski definition) is 6. The van der Waals surface area contributed by atoms with Crippen molar-refractivity contribution in [1.29, 1.82) is 0 Å². The number of nitrogens with one attached hydrogen (secondary N) is 2. The monoisotopic (exact) mass is 566 g/mol. The van der Waals surface area contributed by atoms with Gasteiger partial charge in [-0.05, 0) is 66.2 Å². The van der Waals surface area contributed by atoms with Gasteiger partial charge in [-0.15, -0.1) is 0 Å². The molecule has 0 spiro atoms. The van der Waals surface area contributed by atoms with Crippen molar-refractivity contribution < 1.29 is 18.7 Å². The van der Waals surface area contributed by atoms with E-state index in [1.165, 1.54) is 34.9 Å². The number of rotatable bonds is 4. The molecular weight excluding hydrogens is 542 g/mol. The largest absolute Gasteiger partial charge is 0.463 e. The third-order valence-electron chi connectivity index (χ3n) is 6.57. The molecule has 0 radical (unpaired) electrons. The molecule has 0 aliphatic carbocycles. The van der Waals surface area contributed by atoms with E-state index in [2.05, 4.69) is 10.6 Å². The van der Waals surface area contributed by atoms with Crippen LogP contribution in [0.25, 0.3) is 11.0 Å². The Hall–Kier alpha value is -2.44. The number of nitrogens with zero attached hydrogens (tertiary/aromatic N) is 2. The standard InChI is InChI=1S/C23H24FIN4O4/c1-28-20(27-16-6-5-13(25)10-15(16)24)18(19-14(21(28)30)7-9-33-19)22(31)29-11-23(32,12-29)17-4-2-3-8-26-17/h5-7,9-10,17,26-27,32H,2-4,8,11-12H2,1H3. The van der Waals surface area contributed by atoms with E-state index in [1.54, 1.807) is 12.1 Å². The number of hydrogen-bond donors (Lipinski definition) is 3. The molecule has 174 valence electrons. The number of piperidine rings is 1. The third-order valence-corrected chi connectivity index (χ3v) is 7.24. The number of carbonyl (C=O) groups excluding carboxylic acids is 1. The van der Waals surface area contributed by atoms with Crippen molar-refractivity contribution in [3.63, 3.8) is 0 Å². The van der Waals surface area contributed by atoms with Crippen molar-refractivity contribution in [2.75, 3.05) is 25.0 Å². The number of amides is 1. The molecule has 33 heavy (non-hydrogen) atoms. The summed E-state index contributed by atoms with van der Waals surface area (Å²) < 4.78 is 22.1. The molecule has 1 unspecified atom stereocenters. The number of aliphatic hydroxyl groups is 1. The molecule has 2 saturated heterocycles. The van der Waals surface area contributed by atoms with Crippen LogP contribution >= 0.6 is 22.6 Å². The number of fused-ring (bicyclic) bond motifs is 1. The topological polar surface area (TPSA) is 99.7 Å². The molecule has 2 aromatic heterocycles. The fourth-order valence-electron chi connectivity index (χ4n) is 4.74. The molecule has 2 fully saturated rings. The smallest absolute Gasteiger partial charge is 0.263 e. The van der Waals surface area contributed by atoms with Gasteiger partial charge in [0.2, 0.25) is 0 Å². The Morgan fingerprint density at radius 3 is 2.82 bits per heavy atom. The lowest BCUT2D eigenvalue weighted by Crippen LogP contribution is -2.72. The lowest BCUT2D eigenvalue weighted by atomic mass is 9.81. The number of anilines is 2. The highest BCUT2D eigenvalue weighted by Crippen LogP contribution is 2.34. The molecular formula is C23H24FIN4O4. The van der Waals surface area contributed by atoms with Crippen LogP contribution in [-0.2, 0) is 7.05 Å². The maximum Gasteiger partial charge on any atom is 0.263 e. The summed E-state index contributed by atoms with van der Waals surface area (Å²) in [4.78, 5) is 28.0. The summed E-state index contributed by atoms with van der Waals surface area (Å²) in [5.41, 5.74) is -0.946. The second-order valence-corrected chi connectivity index (χ2v) is 10.0. The van der Waals surface area contributed by atoms with Crippen molar-refractivity contribution in [3.05, 3.63) is 55.8 Å². The number of benzene rings is 1. The molecule has 10 heteroatoms. The average molecular weight is 566 g/mol. The first-order valence-electron chi connectivity index (χ1n) is 10.9. The van der Waals surface area contributed by atoms with Gasteiger partial charge in [-0.25, -0.2) is 4.39 Å². The Bertz CT molecular complexity index is 1290. The van der Waals surface area contributed by atoms with E-state index >= 15 is 0 Å². The van der Waals surface area contributed by atoms with Crippen LogP contribution in [0, 0.1) is 9.39 Å². The van der Waals surface area contributed by atoms with E-state index in [0.29, 0.717) is 0 Å². The number of furan rings is 1. The molecule has 3 N–H and O–H groups in total. The Labute approximate surface area is 202 Å². The van der Waals surface area contributed by atoms with E-state index in [1.807, 2.05) is 22.6 Å². The Balaban J connectivity index is 1.52. The molecule has 0 bridgehead atoms. The van der Waals surface area contributed by atoms with E-state index in [0.717, 1.165) is 29.4 Å². The normalized spacial score (nSPS) is 20.0. The van der Waals surface area contributed by atoms with Gasteiger partial charge in [-0.2, -0.15) is 0 Å². The van der Waals surface area contributed by atoms with E-state index < -0.39 is 11.4 Å². The summed E-state index contributed by atoms with van der Waals surface area (Å²) in [6.07, 6.45) is 4.33. The van der Waals surface area contributed by atoms with Gasteiger partial charge < -0.3 is 25.1 Å². The molecule has 0 saturated carbocycles. The van der Waals surface area contributed by atoms with Gasteiger partial charge in [-0.3, -0.25) is 14.2 Å². The molecule has 1 amide bonds. The summed E-state index contributed by atoms with van der Waals surface area (Å²) in [5.74, 6) is -0.757. The second-order valence-electron chi connectivity index (χ2n) is 8.77. The highest BCUT2D eigenvalue weighted by atomic mass is 127. The number of β-amino-alcohol motifs (C(OH)–C–C–N with tert-alkyl or cyclic N) is 1. The number of aromatic nitrogens is 1. The SMILES string of the molecule is Cn1c(Nc2ccc(I)cc2F)c(C(=O)N2CC(O)(C3CCCCN3)C2)c2occc2c1=O. The Morgan fingerprint density at radius 1 is 1.33 bits per heavy atom. The van der Waals surface area contributed by atoms with Crippen LogP contribution in [0.2, 0.25) is 0 Å². The molecule has 8 nitrogen and oxygen atoms in total. The van der Waals surface area contributed by atoms with Crippen LogP contribution in [0.4, 0.5) is 15.9 Å². The van der Waals surface area contributed by atoms with Gasteiger partial charge in [0.05, 0.1) is 30.4 Å². The van der Waals surface area contributed by atoms with Gasteiger partial charge >= 0.3 is 0 Å². The van der Waals surface area contributed by atoms with Crippen LogP contribution in [0.5, 0.6) is 0 Å². The molecule has 2 aliphatic rings. The predicted molar refractivity (Wildman–Crippen MR) is 130 cm³/mol. The maximum atomic E-state index is 14.6. The molecule has 3 aromatic rings. The molecule has 1 atom stereocenters. The molecule has 2 aliphatic heterocycles. The lowest BCUT2D eigenvalue weighted by Gasteiger charge is -2.51. The third kappa shape index (κ3) is 3.83. The first-order chi connectivity index (χ1) is 15.8. The number of halogens is 2. The fourth-order valence-corrected chi connectivity index (χ4v) is 5.19. The molecule has 5 rings (SSSR count). The van der Waals surface area contributed by atoms with Crippen molar-refractivity contribution in [3.8, 4) is 0 Å². The summed E-state index contributed by atoms with van der Waals surface area (Å²) in [6.45, 7) is 1.20. The van der Waals surface area contributed by atoms with Crippen LogP contribution in [0.3, 0.4) is 0 Å². The Morgan fingerprint density at radius 2 is 2.12 bits per heavy atom. The first-order valence-corrected chi connectivity index (χ1v) is 11.9. The average Bonchev–Trinajstić information content (AvgIpc) is 3.27. The zero-order chi connectivity index (χ0) is 23.3. The lowest BCUT2D eigenvalue weighted by molar-refractivity contribution is -0.108. The summed E-state index contributed by atoms with van der Waals surface area (Å²) in [6, 6.07) is 6.10. The molecule has 4 heterocycles. The van der Waals surface area contributed by atoms with Crippen LogP contribution in [0.15, 0.2) is 39.7 Å². The number of pyridine rings is 1. The summed E-state index contributed by atoms with van der Waals surface area (Å²) >= 11 is 2.01. The van der Waals surface area contributed by atoms with Gasteiger partial charge in [0.1, 0.15) is 22.8 Å². The quantitative estimate of drug-likeness (QED) is 0.421. The minimum absolute atomic E-state index is 0.0578. The van der Waals surface area contributed by atoms with Crippen LogP contribution in [-0.4, -0.2) is 51.8 Å². The second kappa shape index (κ2) is 8.41. The zero-order valence-electron chi connectivity index (χ0n) is 18.0. The minimum atomic E-state index is -0.991. The zero-order valence-corrected chi connectivity index (χ0v) is 20.2. The van der Waals surface area contributed by atoms with E-state index in [4.69, 9.17) is 4.42 Å². The van der Waals surface area contributed by atoms with E-state index in [-0.39, 0.29) is 58.6 Å². The van der Waals surface area contributed by atoms with Crippen molar-refractivity contribution in [1.82, 2.24) is 14.8 Å². The highest BCUT2D eigenvalue weighted by molar-refractivity contribution is 14.1. The van der Waals surface area contributed by atoms with Crippen molar-refractivity contribution in [2.45, 2.75) is 30.9 Å². The summed E-state index contributed by atoms with van der Waals surface area (Å²) in [7, 11) is 1.52. The van der Waals surface area contributed by atoms with Crippen LogP contribution in [0.1, 0.15) is 29.6 Å². The van der Waals surface area contributed by atoms with Gasteiger partial charge in [-0.1, -0.05) is 6.42 Å².